The third-order valence-electron chi connectivity index (χ3n) is 3.67. The Balaban J connectivity index is 1.60. The highest BCUT2D eigenvalue weighted by atomic mass is 16.3. The van der Waals surface area contributed by atoms with Crippen LogP contribution >= 0.6 is 0 Å². The SMILES string of the molecule is N#C/C(=C\Nc1ccc(NC(=O)c2ccco2)cc1)C(=O)Nc1ccccc1. The summed E-state index contributed by atoms with van der Waals surface area (Å²) in [5.41, 5.74) is 1.76. The third kappa shape index (κ3) is 4.86. The number of hydrogen-bond acceptors (Lipinski definition) is 5. The van der Waals surface area contributed by atoms with Crippen LogP contribution in [0, 0.1) is 11.3 Å². The molecule has 0 spiro atoms. The molecule has 3 N–H and O–H groups in total. The molecule has 0 bridgehead atoms. The summed E-state index contributed by atoms with van der Waals surface area (Å²) in [6, 6.07) is 20.7. The van der Waals surface area contributed by atoms with Gasteiger partial charge in [-0.15, -0.1) is 0 Å². The van der Waals surface area contributed by atoms with E-state index in [2.05, 4.69) is 16.0 Å². The van der Waals surface area contributed by atoms with Crippen LogP contribution in [0.5, 0.6) is 0 Å². The van der Waals surface area contributed by atoms with Crippen LogP contribution in [0.3, 0.4) is 0 Å². The van der Waals surface area contributed by atoms with Crippen molar-refractivity contribution in [3.63, 3.8) is 0 Å². The van der Waals surface area contributed by atoms with Crippen LogP contribution in [0.2, 0.25) is 0 Å². The number of furan rings is 1. The molecule has 2 aromatic carbocycles. The molecule has 0 aliphatic carbocycles. The Morgan fingerprint density at radius 2 is 1.54 bits per heavy atom. The fraction of sp³-hybridized carbons (Fsp3) is 0. The highest BCUT2D eigenvalue weighted by Gasteiger charge is 2.10. The van der Waals surface area contributed by atoms with Gasteiger partial charge in [0.2, 0.25) is 0 Å². The molecule has 28 heavy (non-hydrogen) atoms. The number of amides is 2. The van der Waals surface area contributed by atoms with E-state index in [-0.39, 0.29) is 17.2 Å². The maximum absolute atomic E-state index is 12.2. The molecular weight excluding hydrogens is 356 g/mol. The van der Waals surface area contributed by atoms with Gasteiger partial charge in [-0.1, -0.05) is 18.2 Å². The van der Waals surface area contributed by atoms with E-state index in [1.807, 2.05) is 12.1 Å². The predicted molar refractivity (Wildman–Crippen MR) is 105 cm³/mol. The summed E-state index contributed by atoms with van der Waals surface area (Å²) in [5, 5.41) is 17.5. The molecule has 0 aliphatic rings. The average Bonchev–Trinajstić information content (AvgIpc) is 3.25. The largest absolute Gasteiger partial charge is 0.459 e. The Morgan fingerprint density at radius 3 is 2.18 bits per heavy atom. The third-order valence-corrected chi connectivity index (χ3v) is 3.67. The van der Waals surface area contributed by atoms with Gasteiger partial charge in [0.25, 0.3) is 11.8 Å². The van der Waals surface area contributed by atoms with Crippen molar-refractivity contribution in [2.24, 2.45) is 0 Å². The molecule has 7 nitrogen and oxygen atoms in total. The molecule has 7 heteroatoms. The lowest BCUT2D eigenvalue weighted by atomic mass is 10.2. The van der Waals surface area contributed by atoms with Crippen LogP contribution in [0.1, 0.15) is 10.6 Å². The normalized spacial score (nSPS) is 10.6. The Hall–Kier alpha value is -4.31. The number of anilines is 3. The first-order chi connectivity index (χ1) is 13.7. The highest BCUT2D eigenvalue weighted by molar-refractivity contribution is 6.06. The zero-order chi connectivity index (χ0) is 19.8. The molecule has 3 aromatic rings. The number of rotatable bonds is 6. The molecule has 3 rings (SSSR count). The van der Waals surface area contributed by atoms with Gasteiger partial charge < -0.3 is 20.4 Å². The molecule has 0 fully saturated rings. The highest BCUT2D eigenvalue weighted by Crippen LogP contribution is 2.15. The van der Waals surface area contributed by atoms with E-state index < -0.39 is 5.91 Å². The van der Waals surface area contributed by atoms with Crippen molar-refractivity contribution in [3.8, 4) is 6.07 Å². The van der Waals surface area contributed by atoms with Crippen LogP contribution in [0.25, 0.3) is 0 Å². The Bertz CT molecular complexity index is 1020. The van der Waals surface area contributed by atoms with Crippen molar-refractivity contribution in [2.75, 3.05) is 16.0 Å². The first kappa shape index (κ1) is 18.5. The standard InChI is InChI=1S/C21H16N4O3/c22-13-15(20(26)24-17-5-2-1-3-6-17)14-23-16-8-10-18(11-9-16)25-21(27)19-7-4-12-28-19/h1-12,14,23H,(H,24,26)(H,25,27)/b15-14+. The Kier molecular flexibility index (Phi) is 5.85. The van der Waals surface area contributed by atoms with E-state index >= 15 is 0 Å². The quantitative estimate of drug-likeness (QED) is 0.448. The molecule has 2 amide bonds. The number of nitriles is 1. The number of benzene rings is 2. The van der Waals surface area contributed by atoms with Crippen molar-refractivity contribution in [1.29, 1.82) is 5.26 Å². The van der Waals surface area contributed by atoms with Crippen LogP contribution in [-0.2, 0) is 4.79 Å². The second-order valence-corrected chi connectivity index (χ2v) is 5.64. The minimum atomic E-state index is -0.511. The number of carbonyl (C=O) groups is 2. The van der Waals surface area contributed by atoms with Gasteiger partial charge >= 0.3 is 0 Å². The van der Waals surface area contributed by atoms with Crippen LogP contribution in [0.4, 0.5) is 17.1 Å². The number of hydrogen-bond donors (Lipinski definition) is 3. The van der Waals surface area contributed by atoms with E-state index in [0.717, 1.165) is 0 Å². The Labute approximate surface area is 161 Å². The number of nitrogens with zero attached hydrogens (tertiary/aromatic N) is 1. The van der Waals surface area contributed by atoms with Crippen molar-refractivity contribution in [2.45, 2.75) is 0 Å². The van der Waals surface area contributed by atoms with Gasteiger partial charge in [0.05, 0.1) is 6.26 Å². The predicted octanol–water partition coefficient (Wildman–Crippen LogP) is 3.99. The van der Waals surface area contributed by atoms with Gasteiger partial charge in [0.1, 0.15) is 11.6 Å². The minimum Gasteiger partial charge on any atom is -0.459 e. The number of nitrogens with one attached hydrogen (secondary N) is 3. The lowest BCUT2D eigenvalue weighted by molar-refractivity contribution is -0.112. The second-order valence-electron chi connectivity index (χ2n) is 5.64. The smallest absolute Gasteiger partial charge is 0.291 e. The maximum Gasteiger partial charge on any atom is 0.291 e. The van der Waals surface area contributed by atoms with Gasteiger partial charge in [-0.3, -0.25) is 9.59 Å². The fourth-order valence-electron chi connectivity index (χ4n) is 2.27. The zero-order valence-corrected chi connectivity index (χ0v) is 14.7. The van der Waals surface area contributed by atoms with Crippen molar-refractivity contribution in [1.82, 2.24) is 0 Å². The molecule has 0 radical (unpaired) electrons. The van der Waals surface area contributed by atoms with Gasteiger partial charge in [0, 0.05) is 23.3 Å². The van der Waals surface area contributed by atoms with Crippen molar-refractivity contribution >= 4 is 28.9 Å². The van der Waals surface area contributed by atoms with Crippen LogP contribution < -0.4 is 16.0 Å². The molecule has 0 unspecified atom stereocenters. The van der Waals surface area contributed by atoms with E-state index in [1.54, 1.807) is 60.7 Å². The molecule has 138 valence electrons. The van der Waals surface area contributed by atoms with E-state index in [0.29, 0.717) is 17.1 Å². The average molecular weight is 372 g/mol. The van der Waals surface area contributed by atoms with Gasteiger partial charge in [-0.25, -0.2) is 0 Å². The van der Waals surface area contributed by atoms with Gasteiger partial charge in [0.15, 0.2) is 5.76 Å². The summed E-state index contributed by atoms with van der Waals surface area (Å²) >= 11 is 0. The van der Waals surface area contributed by atoms with Crippen molar-refractivity contribution < 1.29 is 14.0 Å². The molecule has 0 aliphatic heterocycles. The lowest BCUT2D eigenvalue weighted by Crippen LogP contribution is -2.14. The number of carbonyl (C=O) groups excluding carboxylic acids is 2. The monoisotopic (exact) mass is 372 g/mol. The first-order valence-electron chi connectivity index (χ1n) is 8.34. The first-order valence-corrected chi connectivity index (χ1v) is 8.34. The molecular formula is C21H16N4O3. The lowest BCUT2D eigenvalue weighted by Gasteiger charge is -2.07. The molecule has 1 aromatic heterocycles. The maximum atomic E-state index is 12.2. The minimum absolute atomic E-state index is 0.0703. The summed E-state index contributed by atoms with van der Waals surface area (Å²) in [4.78, 5) is 24.1. The summed E-state index contributed by atoms with van der Waals surface area (Å²) in [6.45, 7) is 0. The second kappa shape index (κ2) is 8.87. The molecule has 0 saturated heterocycles. The number of para-hydroxylation sites is 1. The van der Waals surface area contributed by atoms with Crippen LogP contribution in [-0.4, -0.2) is 11.8 Å². The topological polar surface area (TPSA) is 107 Å². The van der Waals surface area contributed by atoms with E-state index in [1.165, 1.54) is 12.5 Å². The summed E-state index contributed by atoms with van der Waals surface area (Å²) in [7, 11) is 0. The summed E-state index contributed by atoms with van der Waals surface area (Å²) in [6.07, 6.45) is 2.75. The van der Waals surface area contributed by atoms with Gasteiger partial charge in [-0.2, -0.15) is 5.26 Å². The van der Waals surface area contributed by atoms with Crippen LogP contribution in [0.15, 0.2) is 89.2 Å². The van der Waals surface area contributed by atoms with E-state index in [9.17, 15) is 14.9 Å². The zero-order valence-electron chi connectivity index (χ0n) is 14.7. The van der Waals surface area contributed by atoms with E-state index in [4.69, 9.17) is 4.42 Å². The summed E-state index contributed by atoms with van der Waals surface area (Å²) in [5.74, 6) is -0.647. The fourth-order valence-corrected chi connectivity index (χ4v) is 2.27. The molecule has 0 atom stereocenters. The van der Waals surface area contributed by atoms with Crippen molar-refractivity contribution in [3.05, 3.63) is 90.5 Å². The van der Waals surface area contributed by atoms with Gasteiger partial charge in [-0.05, 0) is 48.5 Å². The molecule has 1 heterocycles. The Morgan fingerprint density at radius 1 is 0.857 bits per heavy atom. The summed E-state index contributed by atoms with van der Waals surface area (Å²) < 4.78 is 5.03. The molecule has 0 saturated carbocycles.